The maximum atomic E-state index is 12.4. The Hall–Kier alpha value is -1.44. The zero-order valence-corrected chi connectivity index (χ0v) is 14.5. The standard InChI is InChI=1S/C16H25N3O3S/c1-12-5-4-9-19(10-8-12)13(2)16(20)18-14-6-3-7-15(11-14)23(17,21)22/h3,6-7,11-13H,4-5,8-10H2,1-2H3,(H,18,20)(H2,17,21,22)/t12-,13+/m1/s1. The Bertz CT molecular complexity index is 660. The first-order valence-corrected chi connectivity index (χ1v) is 9.50. The second-order valence-electron chi connectivity index (χ2n) is 6.31. The third-order valence-corrected chi connectivity index (χ3v) is 5.32. The number of benzene rings is 1. The van der Waals surface area contributed by atoms with Gasteiger partial charge in [-0.1, -0.05) is 13.0 Å². The number of carbonyl (C=O) groups is 1. The summed E-state index contributed by atoms with van der Waals surface area (Å²) in [5.74, 6) is 0.563. The molecule has 1 aliphatic heterocycles. The molecular formula is C16H25N3O3S. The van der Waals surface area contributed by atoms with Crippen molar-refractivity contribution in [3.63, 3.8) is 0 Å². The summed E-state index contributed by atoms with van der Waals surface area (Å²) in [7, 11) is -3.77. The van der Waals surface area contributed by atoms with E-state index in [0.717, 1.165) is 25.9 Å². The van der Waals surface area contributed by atoms with Crippen molar-refractivity contribution >= 4 is 21.6 Å². The largest absolute Gasteiger partial charge is 0.325 e. The van der Waals surface area contributed by atoms with Crippen LogP contribution in [0.15, 0.2) is 29.2 Å². The summed E-state index contributed by atoms with van der Waals surface area (Å²) < 4.78 is 22.8. The van der Waals surface area contributed by atoms with Crippen molar-refractivity contribution in [3.05, 3.63) is 24.3 Å². The van der Waals surface area contributed by atoms with Crippen LogP contribution in [-0.4, -0.2) is 38.4 Å². The maximum Gasteiger partial charge on any atom is 0.241 e. The summed E-state index contributed by atoms with van der Waals surface area (Å²) >= 11 is 0. The van der Waals surface area contributed by atoms with Crippen LogP contribution in [0.3, 0.4) is 0 Å². The lowest BCUT2D eigenvalue weighted by molar-refractivity contribution is -0.120. The van der Waals surface area contributed by atoms with E-state index in [9.17, 15) is 13.2 Å². The van der Waals surface area contributed by atoms with Gasteiger partial charge in [0.25, 0.3) is 0 Å². The second-order valence-corrected chi connectivity index (χ2v) is 7.87. The molecule has 2 atom stereocenters. The van der Waals surface area contributed by atoms with Gasteiger partial charge in [-0.3, -0.25) is 9.69 Å². The van der Waals surface area contributed by atoms with Gasteiger partial charge in [0.05, 0.1) is 10.9 Å². The molecule has 1 saturated heterocycles. The van der Waals surface area contributed by atoms with Gasteiger partial charge in [0, 0.05) is 5.69 Å². The highest BCUT2D eigenvalue weighted by atomic mass is 32.2. The number of rotatable bonds is 4. The fourth-order valence-electron chi connectivity index (χ4n) is 2.84. The Morgan fingerprint density at radius 3 is 2.78 bits per heavy atom. The number of carbonyl (C=O) groups excluding carboxylic acids is 1. The lowest BCUT2D eigenvalue weighted by Crippen LogP contribution is -2.42. The topological polar surface area (TPSA) is 92.5 Å². The lowest BCUT2D eigenvalue weighted by Gasteiger charge is -2.26. The highest BCUT2D eigenvalue weighted by Gasteiger charge is 2.24. The van der Waals surface area contributed by atoms with Crippen molar-refractivity contribution in [2.75, 3.05) is 18.4 Å². The van der Waals surface area contributed by atoms with E-state index in [1.165, 1.54) is 18.6 Å². The number of anilines is 1. The van der Waals surface area contributed by atoms with E-state index in [1.54, 1.807) is 12.1 Å². The molecular weight excluding hydrogens is 314 g/mol. The summed E-state index contributed by atoms with van der Waals surface area (Å²) in [5.41, 5.74) is 0.441. The Morgan fingerprint density at radius 1 is 1.35 bits per heavy atom. The van der Waals surface area contributed by atoms with E-state index in [1.807, 2.05) is 6.92 Å². The first-order valence-electron chi connectivity index (χ1n) is 7.95. The molecule has 1 aliphatic rings. The Kier molecular flexibility index (Phi) is 5.78. The molecule has 0 aromatic heterocycles. The molecule has 1 aromatic rings. The number of likely N-dealkylation sites (tertiary alicyclic amines) is 1. The van der Waals surface area contributed by atoms with Crippen LogP contribution in [0.5, 0.6) is 0 Å². The van der Waals surface area contributed by atoms with Crippen LogP contribution in [0.25, 0.3) is 0 Å². The van der Waals surface area contributed by atoms with Crippen LogP contribution in [-0.2, 0) is 14.8 Å². The number of amides is 1. The summed E-state index contributed by atoms with van der Waals surface area (Å²) in [5, 5.41) is 7.90. The smallest absolute Gasteiger partial charge is 0.241 e. The van der Waals surface area contributed by atoms with E-state index in [4.69, 9.17) is 5.14 Å². The molecule has 2 rings (SSSR count). The normalized spacial score (nSPS) is 21.4. The zero-order valence-electron chi connectivity index (χ0n) is 13.7. The van der Waals surface area contributed by atoms with Gasteiger partial charge in [-0.05, 0) is 63.4 Å². The van der Waals surface area contributed by atoms with Crippen LogP contribution in [0.1, 0.15) is 33.1 Å². The number of hydrogen-bond acceptors (Lipinski definition) is 4. The second kappa shape index (κ2) is 7.42. The number of nitrogens with zero attached hydrogens (tertiary/aromatic N) is 1. The number of hydrogen-bond donors (Lipinski definition) is 2. The monoisotopic (exact) mass is 339 g/mol. The summed E-state index contributed by atoms with van der Waals surface area (Å²) in [6.07, 6.45) is 3.39. The fraction of sp³-hybridized carbons (Fsp3) is 0.562. The van der Waals surface area contributed by atoms with Crippen LogP contribution < -0.4 is 10.5 Å². The average molecular weight is 339 g/mol. The minimum Gasteiger partial charge on any atom is -0.325 e. The molecule has 23 heavy (non-hydrogen) atoms. The van der Waals surface area contributed by atoms with Crippen molar-refractivity contribution in [2.45, 2.75) is 44.0 Å². The molecule has 1 fully saturated rings. The van der Waals surface area contributed by atoms with Crippen LogP contribution in [0, 0.1) is 5.92 Å². The number of sulfonamides is 1. The van der Waals surface area contributed by atoms with Gasteiger partial charge in [-0.15, -0.1) is 0 Å². The SMILES string of the molecule is C[C@@H]1CCCN([C@@H](C)C(=O)Nc2cccc(S(N)(=O)=O)c2)CC1. The first-order chi connectivity index (χ1) is 10.8. The molecule has 0 bridgehead atoms. The molecule has 6 nitrogen and oxygen atoms in total. The third-order valence-electron chi connectivity index (χ3n) is 4.41. The zero-order chi connectivity index (χ0) is 17.0. The first kappa shape index (κ1) is 17.9. The van der Waals surface area contributed by atoms with Gasteiger partial charge in [-0.25, -0.2) is 13.6 Å². The van der Waals surface area contributed by atoms with Crippen molar-refractivity contribution in [1.82, 2.24) is 4.90 Å². The molecule has 0 radical (unpaired) electrons. The maximum absolute atomic E-state index is 12.4. The molecule has 7 heteroatoms. The average Bonchev–Trinajstić information content (AvgIpc) is 2.70. The highest BCUT2D eigenvalue weighted by Crippen LogP contribution is 2.19. The predicted molar refractivity (Wildman–Crippen MR) is 90.5 cm³/mol. The molecule has 0 saturated carbocycles. The van der Waals surface area contributed by atoms with Crippen LogP contribution in [0.4, 0.5) is 5.69 Å². The predicted octanol–water partition coefficient (Wildman–Crippen LogP) is 1.78. The molecule has 0 unspecified atom stereocenters. The van der Waals surface area contributed by atoms with Gasteiger partial charge in [-0.2, -0.15) is 0 Å². The van der Waals surface area contributed by atoms with E-state index in [2.05, 4.69) is 17.1 Å². The highest BCUT2D eigenvalue weighted by molar-refractivity contribution is 7.89. The third kappa shape index (κ3) is 5.02. The fourth-order valence-corrected chi connectivity index (χ4v) is 3.40. The molecule has 0 spiro atoms. The lowest BCUT2D eigenvalue weighted by atomic mass is 10.0. The van der Waals surface area contributed by atoms with Gasteiger partial charge in [0.1, 0.15) is 0 Å². The van der Waals surface area contributed by atoms with Crippen molar-refractivity contribution in [2.24, 2.45) is 11.1 Å². The quantitative estimate of drug-likeness (QED) is 0.874. The van der Waals surface area contributed by atoms with E-state index in [0.29, 0.717) is 11.6 Å². The molecule has 1 aromatic carbocycles. The van der Waals surface area contributed by atoms with Crippen molar-refractivity contribution < 1.29 is 13.2 Å². The van der Waals surface area contributed by atoms with Gasteiger partial charge in [0.15, 0.2) is 0 Å². The Morgan fingerprint density at radius 2 is 2.09 bits per heavy atom. The van der Waals surface area contributed by atoms with Gasteiger partial charge in [0.2, 0.25) is 15.9 Å². The van der Waals surface area contributed by atoms with E-state index in [-0.39, 0.29) is 16.8 Å². The molecule has 128 valence electrons. The molecule has 0 aliphatic carbocycles. The van der Waals surface area contributed by atoms with Crippen molar-refractivity contribution in [1.29, 1.82) is 0 Å². The van der Waals surface area contributed by atoms with Gasteiger partial charge >= 0.3 is 0 Å². The van der Waals surface area contributed by atoms with Crippen LogP contribution >= 0.6 is 0 Å². The Balaban J connectivity index is 2.03. The minimum atomic E-state index is -3.77. The van der Waals surface area contributed by atoms with Crippen molar-refractivity contribution in [3.8, 4) is 0 Å². The van der Waals surface area contributed by atoms with E-state index < -0.39 is 10.0 Å². The number of nitrogens with one attached hydrogen (secondary N) is 1. The summed E-state index contributed by atoms with van der Waals surface area (Å²) in [4.78, 5) is 14.6. The number of nitrogens with two attached hydrogens (primary N) is 1. The van der Waals surface area contributed by atoms with Crippen LogP contribution in [0.2, 0.25) is 0 Å². The summed E-state index contributed by atoms with van der Waals surface area (Å²) in [6.45, 7) is 5.95. The Labute approximate surface area is 138 Å². The molecule has 1 heterocycles. The molecule has 1 amide bonds. The summed E-state index contributed by atoms with van der Waals surface area (Å²) in [6, 6.07) is 5.76. The minimum absolute atomic E-state index is 0.00782. The molecule has 3 N–H and O–H groups in total. The van der Waals surface area contributed by atoms with Gasteiger partial charge < -0.3 is 5.32 Å². The number of primary sulfonamides is 1. The van der Waals surface area contributed by atoms with E-state index >= 15 is 0 Å².